The van der Waals surface area contributed by atoms with E-state index in [0.717, 1.165) is 0 Å². The second-order valence-corrected chi connectivity index (χ2v) is 16.2. The van der Waals surface area contributed by atoms with Gasteiger partial charge >= 0.3 is 18.0 Å². The number of piperidine rings is 1. The zero-order chi connectivity index (χ0) is 38.5. The highest BCUT2D eigenvalue weighted by Gasteiger charge is 2.42. The van der Waals surface area contributed by atoms with E-state index in [1.165, 1.54) is 23.1 Å². The Hall–Kier alpha value is -4.24. The van der Waals surface area contributed by atoms with E-state index in [9.17, 15) is 38.7 Å². The second-order valence-electron chi connectivity index (χ2n) is 13.9. The van der Waals surface area contributed by atoms with Gasteiger partial charge in [0.1, 0.15) is 11.1 Å². The lowest BCUT2D eigenvalue weighted by atomic mass is 9.79. The number of halogens is 2. The van der Waals surface area contributed by atoms with E-state index in [2.05, 4.69) is 16.0 Å². The Labute approximate surface area is 314 Å². The maximum atomic E-state index is 13.8. The first-order valence-corrected chi connectivity index (χ1v) is 18.5. The largest absolute Gasteiger partial charge is 0.611 e. The third-order valence-corrected chi connectivity index (χ3v) is 10.5. The van der Waals surface area contributed by atoms with Crippen LogP contribution in [-0.2, 0) is 35.1 Å². The Balaban J connectivity index is 1.57. The van der Waals surface area contributed by atoms with Crippen LogP contribution in [0.2, 0.25) is 10.0 Å². The van der Waals surface area contributed by atoms with Gasteiger partial charge in [0.05, 0.1) is 29.2 Å². The van der Waals surface area contributed by atoms with Gasteiger partial charge in [-0.15, -0.1) is 0 Å². The number of likely N-dealkylation sites (tertiary alicyclic amines) is 1. The first-order valence-electron chi connectivity index (χ1n) is 16.5. The summed E-state index contributed by atoms with van der Waals surface area (Å²) in [5, 5.41) is 29.4. The number of dihydropyridines is 1. The molecule has 0 bridgehead atoms. The van der Waals surface area contributed by atoms with Crippen molar-refractivity contribution < 1.29 is 43.5 Å². The van der Waals surface area contributed by atoms with Crippen LogP contribution < -0.4 is 16.0 Å². The maximum Gasteiger partial charge on any atom is 0.408 e. The number of carbonyl (C=O) groups is 5. The Bertz CT molecular complexity index is 1760. The van der Waals surface area contributed by atoms with Gasteiger partial charge in [0.15, 0.2) is 10.6 Å². The van der Waals surface area contributed by atoms with Crippen LogP contribution >= 0.6 is 23.2 Å². The first-order chi connectivity index (χ1) is 24.3. The molecule has 2 aromatic carbocycles. The molecule has 5 N–H and O–H groups in total. The minimum absolute atomic E-state index is 0.0136. The zero-order valence-corrected chi connectivity index (χ0v) is 31.7. The third kappa shape index (κ3) is 10.00. The fraction of sp³-hybridized carbons (Fsp3) is 0.417. The molecule has 1 fully saturated rings. The fourth-order valence-electron chi connectivity index (χ4n) is 5.95. The van der Waals surface area contributed by atoms with Crippen LogP contribution in [0.25, 0.3) is 0 Å². The van der Waals surface area contributed by atoms with Crippen LogP contribution in [0, 0.1) is 0 Å². The van der Waals surface area contributed by atoms with Crippen LogP contribution in [0.5, 0.6) is 0 Å². The molecule has 52 heavy (non-hydrogen) atoms. The number of rotatable bonds is 11. The molecule has 2 aromatic rings. The monoisotopic (exact) mass is 776 g/mol. The van der Waals surface area contributed by atoms with E-state index in [1.54, 1.807) is 65.0 Å². The summed E-state index contributed by atoms with van der Waals surface area (Å²) in [5.74, 6) is -5.71. The summed E-state index contributed by atoms with van der Waals surface area (Å²) in [5.41, 5.74) is -2.99. The van der Waals surface area contributed by atoms with Gasteiger partial charge in [-0.1, -0.05) is 47.5 Å². The number of carbonyl (C=O) groups excluding carboxylic acids is 3. The van der Waals surface area contributed by atoms with Gasteiger partial charge in [0, 0.05) is 40.4 Å². The molecule has 280 valence electrons. The van der Waals surface area contributed by atoms with Crippen molar-refractivity contribution in [2.75, 3.05) is 18.8 Å². The molecule has 2 heterocycles. The molecule has 0 aliphatic carbocycles. The number of aliphatic carboxylic acids is 2. The Kier molecular flexibility index (Phi) is 13.0. The fourth-order valence-corrected chi connectivity index (χ4v) is 7.68. The molecule has 0 radical (unpaired) electrons. The number of alkyl carbamates (subject to hydrolysis) is 1. The van der Waals surface area contributed by atoms with Gasteiger partial charge in [-0.3, -0.25) is 9.59 Å². The summed E-state index contributed by atoms with van der Waals surface area (Å²) in [7, 11) is 0. The molecule has 0 saturated carbocycles. The van der Waals surface area contributed by atoms with Gasteiger partial charge in [-0.05, 0) is 82.9 Å². The molecule has 2 atom stereocenters. The quantitative estimate of drug-likeness (QED) is 0.195. The molecule has 0 aromatic heterocycles. The minimum atomic E-state index is -1.76. The van der Waals surface area contributed by atoms with Crippen LogP contribution in [0.15, 0.2) is 76.0 Å². The van der Waals surface area contributed by atoms with Crippen molar-refractivity contribution in [2.24, 2.45) is 0 Å². The Morgan fingerprint density at radius 3 is 2.00 bits per heavy atom. The molecule has 4 rings (SSSR count). The van der Waals surface area contributed by atoms with Crippen molar-refractivity contribution in [3.05, 3.63) is 86.7 Å². The molecule has 0 spiro atoms. The summed E-state index contributed by atoms with van der Waals surface area (Å²) in [6.07, 6.45) is -0.447. The molecule has 2 aliphatic heterocycles. The SMILES string of the molecule is CC(C)(C)OC(=O)NC(C)(C)C(=O)NC1CCN(C(=O)CC2=C(C(=O)O)C(c3c(Cl)cccc3Cl)C(C(=O)O)=C(C[S+]([O-])c3ccccc3)N2)CC1. The summed E-state index contributed by atoms with van der Waals surface area (Å²) in [4.78, 5) is 66.9. The Morgan fingerprint density at radius 1 is 0.904 bits per heavy atom. The summed E-state index contributed by atoms with van der Waals surface area (Å²) in [6, 6.07) is 12.5. The minimum Gasteiger partial charge on any atom is -0.611 e. The third-order valence-electron chi connectivity index (χ3n) is 8.45. The lowest BCUT2D eigenvalue weighted by Crippen LogP contribution is -2.58. The van der Waals surface area contributed by atoms with Crippen molar-refractivity contribution in [1.29, 1.82) is 0 Å². The number of hydrogen-bond acceptors (Lipinski definition) is 8. The van der Waals surface area contributed by atoms with E-state index < -0.39 is 75.6 Å². The summed E-state index contributed by atoms with van der Waals surface area (Å²) < 4.78 is 18.7. The van der Waals surface area contributed by atoms with Gasteiger partial charge in [0.2, 0.25) is 11.8 Å². The van der Waals surface area contributed by atoms with Crippen LogP contribution in [0.4, 0.5) is 4.79 Å². The average molecular weight is 778 g/mol. The van der Waals surface area contributed by atoms with Crippen LogP contribution in [-0.4, -0.2) is 85.5 Å². The van der Waals surface area contributed by atoms with Gasteiger partial charge in [-0.25, -0.2) is 14.4 Å². The topological polar surface area (TPSA) is 197 Å². The van der Waals surface area contributed by atoms with Crippen molar-refractivity contribution in [2.45, 2.75) is 81.9 Å². The number of nitrogens with one attached hydrogen (secondary N) is 3. The van der Waals surface area contributed by atoms with Gasteiger partial charge < -0.3 is 40.4 Å². The number of amides is 3. The lowest BCUT2D eigenvalue weighted by Gasteiger charge is -2.36. The highest BCUT2D eigenvalue weighted by Crippen LogP contribution is 2.45. The predicted molar refractivity (Wildman–Crippen MR) is 195 cm³/mol. The van der Waals surface area contributed by atoms with E-state index in [0.29, 0.717) is 17.7 Å². The van der Waals surface area contributed by atoms with E-state index in [-0.39, 0.29) is 51.9 Å². The normalized spacial score (nSPS) is 17.6. The zero-order valence-electron chi connectivity index (χ0n) is 29.4. The lowest BCUT2D eigenvalue weighted by molar-refractivity contribution is -0.134. The predicted octanol–water partition coefficient (Wildman–Crippen LogP) is 4.97. The second kappa shape index (κ2) is 16.6. The van der Waals surface area contributed by atoms with E-state index in [4.69, 9.17) is 27.9 Å². The number of benzene rings is 2. The molecule has 2 unspecified atom stereocenters. The van der Waals surface area contributed by atoms with Crippen molar-refractivity contribution in [1.82, 2.24) is 20.9 Å². The summed E-state index contributed by atoms with van der Waals surface area (Å²) in [6.45, 7) is 8.67. The standard InChI is InChI=1S/C36H42Cl2N4O9S/c1-35(2,3)51-34(49)41-36(4,5)33(48)39-20-14-16-42(17-15-20)26(43)18-24-28(31(44)45)30(27-22(37)12-9-13-23(27)38)29(32(46)47)25(40-24)19-52(50)21-10-7-6-8-11-21/h6-13,20,30,40H,14-19H2,1-5H3,(H,39,48)(H,41,49)(H,44,45)(H,46,47). The molecule has 2 aliphatic rings. The van der Waals surface area contributed by atoms with E-state index >= 15 is 0 Å². The number of nitrogens with zero attached hydrogens (tertiary/aromatic N) is 1. The molecular weight excluding hydrogens is 735 g/mol. The number of carboxylic acids is 2. The van der Waals surface area contributed by atoms with Crippen molar-refractivity contribution in [3.63, 3.8) is 0 Å². The molecule has 1 saturated heterocycles. The molecule has 16 heteroatoms. The highest BCUT2D eigenvalue weighted by molar-refractivity contribution is 7.91. The smallest absolute Gasteiger partial charge is 0.408 e. The molecule has 3 amide bonds. The number of carboxylic acid groups (broad SMARTS) is 2. The maximum absolute atomic E-state index is 13.8. The average Bonchev–Trinajstić information content (AvgIpc) is 3.03. The molecular formula is C36H42Cl2N4O9S. The van der Waals surface area contributed by atoms with Gasteiger partial charge in [-0.2, -0.15) is 0 Å². The van der Waals surface area contributed by atoms with E-state index in [1.807, 2.05) is 0 Å². The molecule has 13 nitrogen and oxygen atoms in total. The van der Waals surface area contributed by atoms with Crippen molar-refractivity contribution in [3.8, 4) is 0 Å². The summed E-state index contributed by atoms with van der Waals surface area (Å²) >= 11 is 11.3. The van der Waals surface area contributed by atoms with Gasteiger partial charge in [0.25, 0.3) is 0 Å². The Morgan fingerprint density at radius 2 is 1.46 bits per heavy atom. The van der Waals surface area contributed by atoms with Crippen molar-refractivity contribution >= 4 is 64.2 Å². The van der Waals surface area contributed by atoms with Crippen LogP contribution in [0.3, 0.4) is 0 Å². The number of ether oxygens (including phenoxy) is 1. The first kappa shape index (κ1) is 40.5. The number of hydrogen-bond donors (Lipinski definition) is 5. The van der Waals surface area contributed by atoms with Crippen LogP contribution in [0.1, 0.15) is 65.4 Å². The highest BCUT2D eigenvalue weighted by atomic mass is 35.5.